The van der Waals surface area contributed by atoms with Gasteiger partial charge < -0.3 is 5.32 Å². The Bertz CT molecular complexity index is 1170. The first-order valence-electron chi connectivity index (χ1n) is 10.3. The van der Waals surface area contributed by atoms with Gasteiger partial charge in [0.05, 0.1) is 4.90 Å². The molecule has 31 heavy (non-hydrogen) atoms. The van der Waals surface area contributed by atoms with E-state index in [0.29, 0.717) is 29.9 Å². The minimum Gasteiger partial charge on any atom is -0.322 e. The number of hydrogen-bond acceptors (Lipinski definition) is 4. The van der Waals surface area contributed by atoms with Crippen molar-refractivity contribution in [1.29, 1.82) is 0 Å². The lowest BCUT2D eigenvalue weighted by atomic mass is 10.1. The number of aromatic nitrogens is 1. The van der Waals surface area contributed by atoms with Crippen LogP contribution in [0, 0.1) is 6.92 Å². The topological polar surface area (TPSA) is 79.4 Å². The van der Waals surface area contributed by atoms with Crippen molar-refractivity contribution in [2.24, 2.45) is 0 Å². The van der Waals surface area contributed by atoms with Crippen LogP contribution in [0.15, 0.2) is 71.9 Å². The van der Waals surface area contributed by atoms with Crippen LogP contribution in [0.25, 0.3) is 0 Å². The number of sulfonamides is 1. The third-order valence-electron chi connectivity index (χ3n) is 5.50. The van der Waals surface area contributed by atoms with Gasteiger partial charge >= 0.3 is 0 Å². The monoisotopic (exact) mass is 435 g/mol. The summed E-state index contributed by atoms with van der Waals surface area (Å²) in [6.45, 7) is 2.82. The van der Waals surface area contributed by atoms with Crippen LogP contribution >= 0.6 is 0 Å². The summed E-state index contributed by atoms with van der Waals surface area (Å²) in [6, 6.07) is 16.4. The number of nitrogens with one attached hydrogen (secondary N) is 1. The quantitative estimate of drug-likeness (QED) is 0.634. The van der Waals surface area contributed by atoms with Crippen molar-refractivity contribution < 1.29 is 13.2 Å². The fourth-order valence-electron chi connectivity index (χ4n) is 3.73. The largest absolute Gasteiger partial charge is 0.322 e. The molecule has 1 aromatic heterocycles. The lowest BCUT2D eigenvalue weighted by molar-refractivity contribution is 0.102. The molecule has 160 valence electrons. The highest BCUT2D eigenvalue weighted by atomic mass is 32.2. The molecule has 0 aliphatic carbocycles. The van der Waals surface area contributed by atoms with Gasteiger partial charge in [-0.1, -0.05) is 18.2 Å². The lowest BCUT2D eigenvalue weighted by Crippen LogP contribution is -2.28. The second kappa shape index (κ2) is 8.99. The number of carbonyl (C=O) groups excluding carboxylic acids is 1. The van der Waals surface area contributed by atoms with Crippen LogP contribution in [0.5, 0.6) is 0 Å². The summed E-state index contributed by atoms with van der Waals surface area (Å²) >= 11 is 0. The minimum absolute atomic E-state index is 0.203. The number of pyridine rings is 1. The fourth-order valence-corrected chi connectivity index (χ4v) is 5.50. The van der Waals surface area contributed by atoms with Gasteiger partial charge in [-0.05, 0) is 79.3 Å². The summed E-state index contributed by atoms with van der Waals surface area (Å²) in [5, 5.41) is 2.86. The Hall–Kier alpha value is -3.03. The van der Waals surface area contributed by atoms with Crippen LogP contribution in [0.2, 0.25) is 0 Å². The molecule has 1 N–H and O–H groups in total. The van der Waals surface area contributed by atoms with E-state index in [4.69, 9.17) is 0 Å². The minimum atomic E-state index is -3.58. The molecule has 0 atom stereocenters. The van der Waals surface area contributed by atoms with Crippen molar-refractivity contribution in [3.05, 3.63) is 89.2 Å². The third kappa shape index (κ3) is 4.84. The van der Waals surface area contributed by atoms with E-state index in [1.807, 2.05) is 36.4 Å². The Labute approximate surface area is 183 Å². The van der Waals surface area contributed by atoms with Crippen LogP contribution < -0.4 is 5.32 Å². The number of rotatable bonds is 6. The number of hydrogen-bond donors (Lipinski definition) is 1. The van der Waals surface area contributed by atoms with Crippen molar-refractivity contribution >= 4 is 21.6 Å². The number of benzene rings is 2. The van der Waals surface area contributed by atoms with E-state index >= 15 is 0 Å². The van der Waals surface area contributed by atoms with E-state index in [2.05, 4.69) is 10.3 Å². The number of amides is 1. The van der Waals surface area contributed by atoms with Gasteiger partial charge in [0, 0.05) is 36.7 Å². The molecule has 1 aliphatic heterocycles. The zero-order chi connectivity index (χ0) is 21.8. The Morgan fingerprint density at radius 2 is 1.61 bits per heavy atom. The normalized spacial score (nSPS) is 14.5. The van der Waals surface area contributed by atoms with E-state index in [1.54, 1.807) is 31.5 Å². The summed E-state index contributed by atoms with van der Waals surface area (Å²) in [5.41, 5.74) is 3.91. The van der Waals surface area contributed by atoms with E-state index < -0.39 is 10.0 Å². The highest BCUT2D eigenvalue weighted by Crippen LogP contribution is 2.25. The van der Waals surface area contributed by atoms with Crippen LogP contribution in [-0.4, -0.2) is 36.7 Å². The van der Waals surface area contributed by atoms with Crippen LogP contribution in [-0.2, 0) is 16.4 Å². The summed E-state index contributed by atoms with van der Waals surface area (Å²) in [6.07, 6.45) is 6.06. The molecule has 6 nitrogen and oxygen atoms in total. The maximum atomic E-state index is 13.0. The van der Waals surface area contributed by atoms with Gasteiger partial charge in [-0.3, -0.25) is 9.78 Å². The van der Waals surface area contributed by atoms with E-state index in [0.717, 1.165) is 30.4 Å². The first-order chi connectivity index (χ1) is 14.9. The van der Waals surface area contributed by atoms with Gasteiger partial charge in [0.2, 0.25) is 10.0 Å². The molecular weight excluding hydrogens is 410 g/mol. The first kappa shape index (κ1) is 21.2. The Balaban J connectivity index is 1.48. The second-order valence-electron chi connectivity index (χ2n) is 7.77. The highest BCUT2D eigenvalue weighted by Gasteiger charge is 2.29. The number of anilines is 1. The molecule has 3 aromatic rings. The summed E-state index contributed by atoms with van der Waals surface area (Å²) in [7, 11) is -3.58. The average molecular weight is 436 g/mol. The molecule has 0 unspecified atom stereocenters. The van der Waals surface area contributed by atoms with Gasteiger partial charge in [0.15, 0.2) is 0 Å². The molecule has 2 aromatic carbocycles. The molecule has 1 aliphatic rings. The average Bonchev–Trinajstić information content (AvgIpc) is 3.32. The van der Waals surface area contributed by atoms with Crippen LogP contribution in [0.3, 0.4) is 0 Å². The molecule has 7 heteroatoms. The summed E-state index contributed by atoms with van der Waals surface area (Å²) < 4.78 is 27.4. The molecule has 0 bridgehead atoms. The van der Waals surface area contributed by atoms with Crippen molar-refractivity contribution in [1.82, 2.24) is 9.29 Å². The lowest BCUT2D eigenvalue weighted by Gasteiger charge is -2.18. The second-order valence-corrected chi connectivity index (χ2v) is 9.68. The Kier molecular flexibility index (Phi) is 6.15. The van der Waals surface area contributed by atoms with Gasteiger partial charge in [0.1, 0.15) is 0 Å². The smallest absolute Gasteiger partial charge is 0.255 e. The molecule has 0 radical (unpaired) electrons. The van der Waals surface area contributed by atoms with Crippen LogP contribution in [0.4, 0.5) is 5.69 Å². The van der Waals surface area contributed by atoms with E-state index in [-0.39, 0.29) is 10.8 Å². The Morgan fingerprint density at radius 3 is 2.29 bits per heavy atom. The third-order valence-corrected chi connectivity index (χ3v) is 7.54. The van der Waals surface area contributed by atoms with Crippen molar-refractivity contribution in [2.45, 2.75) is 31.1 Å². The predicted molar refractivity (Wildman–Crippen MR) is 121 cm³/mol. The van der Waals surface area contributed by atoms with E-state index in [1.165, 1.54) is 10.4 Å². The van der Waals surface area contributed by atoms with Crippen LogP contribution in [0.1, 0.15) is 39.9 Å². The molecule has 1 saturated heterocycles. The summed E-state index contributed by atoms with van der Waals surface area (Å²) in [5.74, 6) is -0.334. The van der Waals surface area contributed by atoms with Crippen molar-refractivity contribution in [2.75, 3.05) is 18.4 Å². The molecule has 1 amide bonds. The summed E-state index contributed by atoms with van der Waals surface area (Å²) in [4.78, 5) is 17.0. The van der Waals surface area contributed by atoms with Crippen molar-refractivity contribution in [3.8, 4) is 0 Å². The molecule has 2 heterocycles. The van der Waals surface area contributed by atoms with Crippen molar-refractivity contribution in [3.63, 3.8) is 0 Å². The van der Waals surface area contributed by atoms with Gasteiger partial charge in [-0.15, -0.1) is 0 Å². The maximum absolute atomic E-state index is 13.0. The standard InChI is InChI=1S/C24H25N3O3S/c1-18-4-7-21(17-23(18)31(29,30)27-14-2-3-15-27)24(28)26-22-8-5-19(6-9-22)16-20-10-12-25-13-11-20/h4-13,17H,2-3,14-16H2,1H3,(H,26,28). The predicted octanol–water partition coefficient (Wildman–Crippen LogP) is 4.02. The zero-order valence-electron chi connectivity index (χ0n) is 17.4. The highest BCUT2D eigenvalue weighted by molar-refractivity contribution is 7.89. The molecule has 0 saturated carbocycles. The molecule has 1 fully saturated rings. The number of carbonyl (C=O) groups is 1. The van der Waals surface area contributed by atoms with Gasteiger partial charge in [-0.2, -0.15) is 4.31 Å². The first-order valence-corrected chi connectivity index (χ1v) is 11.8. The van der Waals surface area contributed by atoms with E-state index in [9.17, 15) is 13.2 Å². The Morgan fingerprint density at radius 1 is 0.968 bits per heavy atom. The molecule has 0 spiro atoms. The van der Waals surface area contributed by atoms with Gasteiger partial charge in [-0.25, -0.2) is 8.42 Å². The van der Waals surface area contributed by atoms with Gasteiger partial charge in [0.25, 0.3) is 5.91 Å². The fraction of sp³-hybridized carbons (Fsp3) is 0.250. The molecule has 4 rings (SSSR count). The zero-order valence-corrected chi connectivity index (χ0v) is 18.2. The maximum Gasteiger partial charge on any atom is 0.255 e. The number of aryl methyl sites for hydroxylation is 1. The SMILES string of the molecule is Cc1ccc(C(=O)Nc2ccc(Cc3ccncc3)cc2)cc1S(=O)(=O)N1CCCC1. The number of nitrogens with zero attached hydrogens (tertiary/aromatic N) is 2. The molecular formula is C24H25N3O3S.